The quantitative estimate of drug-likeness (QED) is 0.615. The molecule has 0 radical (unpaired) electrons. The fourth-order valence-electron chi connectivity index (χ4n) is 2.40. The lowest BCUT2D eigenvalue weighted by molar-refractivity contribution is 0.102. The molecule has 0 bridgehead atoms. The Bertz CT molecular complexity index is 1020. The van der Waals surface area contributed by atoms with E-state index in [1.807, 2.05) is 12.1 Å². The molecular formula is C17H11ClN4O2. The zero-order valence-electron chi connectivity index (χ0n) is 12.3. The van der Waals surface area contributed by atoms with Crippen molar-refractivity contribution in [2.75, 3.05) is 5.32 Å². The fourth-order valence-corrected chi connectivity index (χ4v) is 2.59. The highest BCUT2D eigenvalue weighted by molar-refractivity contribution is 6.33. The highest BCUT2D eigenvalue weighted by atomic mass is 35.5. The van der Waals surface area contributed by atoms with Crippen LogP contribution in [0.1, 0.15) is 10.5 Å². The molecule has 7 heteroatoms. The Morgan fingerprint density at radius 2 is 2.04 bits per heavy atom. The first kappa shape index (κ1) is 14.5. The summed E-state index contributed by atoms with van der Waals surface area (Å²) in [6.07, 6.45) is 6.22. The SMILES string of the molecule is O=C(Nc1ccccc1Cl)c1cnc2ccc(-c3cocn3)cn12. The molecule has 0 fully saturated rings. The van der Waals surface area contributed by atoms with E-state index in [4.69, 9.17) is 16.0 Å². The summed E-state index contributed by atoms with van der Waals surface area (Å²) in [5.41, 5.74) is 3.11. The molecule has 24 heavy (non-hydrogen) atoms. The normalized spacial score (nSPS) is 10.9. The second-order valence-corrected chi connectivity index (χ2v) is 5.50. The molecule has 0 atom stereocenters. The smallest absolute Gasteiger partial charge is 0.274 e. The molecule has 1 amide bonds. The van der Waals surface area contributed by atoms with Gasteiger partial charge in [-0.1, -0.05) is 23.7 Å². The highest BCUT2D eigenvalue weighted by Gasteiger charge is 2.14. The molecule has 6 nitrogen and oxygen atoms in total. The zero-order chi connectivity index (χ0) is 16.5. The third-order valence-corrected chi connectivity index (χ3v) is 3.92. The molecule has 118 valence electrons. The van der Waals surface area contributed by atoms with Crippen LogP contribution in [0.3, 0.4) is 0 Å². The van der Waals surface area contributed by atoms with Crippen LogP contribution in [0.4, 0.5) is 5.69 Å². The minimum absolute atomic E-state index is 0.298. The number of hydrogen-bond donors (Lipinski definition) is 1. The number of oxazole rings is 1. The lowest BCUT2D eigenvalue weighted by atomic mass is 10.2. The van der Waals surface area contributed by atoms with Crippen LogP contribution in [0.2, 0.25) is 5.02 Å². The van der Waals surface area contributed by atoms with Crippen molar-refractivity contribution in [3.8, 4) is 11.3 Å². The van der Waals surface area contributed by atoms with Crippen molar-refractivity contribution in [3.05, 3.63) is 72.2 Å². The van der Waals surface area contributed by atoms with E-state index in [-0.39, 0.29) is 5.91 Å². The minimum atomic E-state index is -0.298. The van der Waals surface area contributed by atoms with E-state index in [1.54, 1.807) is 41.1 Å². The van der Waals surface area contributed by atoms with E-state index < -0.39 is 0 Å². The number of para-hydroxylation sites is 1. The second kappa shape index (κ2) is 5.82. The van der Waals surface area contributed by atoms with Crippen molar-refractivity contribution >= 4 is 28.8 Å². The summed E-state index contributed by atoms with van der Waals surface area (Å²) >= 11 is 6.08. The van der Waals surface area contributed by atoms with Crippen molar-refractivity contribution < 1.29 is 9.21 Å². The van der Waals surface area contributed by atoms with Crippen molar-refractivity contribution in [2.45, 2.75) is 0 Å². The van der Waals surface area contributed by atoms with Gasteiger partial charge >= 0.3 is 0 Å². The Kier molecular flexibility index (Phi) is 3.51. The van der Waals surface area contributed by atoms with Gasteiger partial charge in [0.2, 0.25) is 0 Å². The molecule has 0 unspecified atom stereocenters. The summed E-state index contributed by atoms with van der Waals surface area (Å²) in [7, 11) is 0. The maximum Gasteiger partial charge on any atom is 0.274 e. The third-order valence-electron chi connectivity index (χ3n) is 3.59. The molecule has 3 heterocycles. The largest absolute Gasteiger partial charge is 0.451 e. The predicted molar refractivity (Wildman–Crippen MR) is 90.1 cm³/mol. The number of nitrogens with zero attached hydrogens (tertiary/aromatic N) is 3. The third kappa shape index (κ3) is 2.53. The molecule has 4 rings (SSSR count). The maximum atomic E-state index is 12.6. The average Bonchev–Trinajstić information content (AvgIpc) is 3.25. The number of nitrogens with one attached hydrogen (secondary N) is 1. The number of amides is 1. The Morgan fingerprint density at radius 1 is 1.17 bits per heavy atom. The average molecular weight is 339 g/mol. The number of rotatable bonds is 3. The number of imidazole rings is 1. The standard InChI is InChI=1S/C17H11ClN4O2/c18-12-3-1-2-4-13(12)21-17(23)15-7-19-16-6-5-11(8-22(15)16)14-9-24-10-20-14/h1-10H,(H,21,23). The Balaban J connectivity index is 1.72. The van der Waals surface area contributed by atoms with Crippen molar-refractivity contribution in [1.29, 1.82) is 0 Å². The molecule has 0 aliphatic heterocycles. The van der Waals surface area contributed by atoms with Gasteiger partial charge in [0, 0.05) is 11.8 Å². The number of aromatic nitrogens is 3. The number of anilines is 1. The van der Waals surface area contributed by atoms with Gasteiger partial charge in [0.05, 0.1) is 16.9 Å². The Morgan fingerprint density at radius 3 is 2.83 bits per heavy atom. The topological polar surface area (TPSA) is 72.4 Å². The Hall–Kier alpha value is -3.12. The number of carbonyl (C=O) groups excluding carboxylic acids is 1. The second-order valence-electron chi connectivity index (χ2n) is 5.10. The van der Waals surface area contributed by atoms with Gasteiger partial charge in [-0.25, -0.2) is 9.97 Å². The minimum Gasteiger partial charge on any atom is -0.451 e. The predicted octanol–water partition coefficient (Wildman–Crippen LogP) is 3.90. The fraction of sp³-hybridized carbons (Fsp3) is 0. The molecule has 0 spiro atoms. The highest BCUT2D eigenvalue weighted by Crippen LogP contribution is 2.22. The summed E-state index contributed by atoms with van der Waals surface area (Å²) in [5.74, 6) is -0.298. The molecule has 0 saturated heterocycles. The number of carbonyl (C=O) groups is 1. The number of pyridine rings is 1. The summed E-state index contributed by atoms with van der Waals surface area (Å²) in [4.78, 5) is 20.9. The summed E-state index contributed by atoms with van der Waals surface area (Å²) in [6.45, 7) is 0. The first-order valence-corrected chi connectivity index (χ1v) is 7.52. The van der Waals surface area contributed by atoms with Gasteiger partial charge in [-0.05, 0) is 24.3 Å². The van der Waals surface area contributed by atoms with E-state index in [9.17, 15) is 4.79 Å². The molecule has 0 aliphatic carbocycles. The lowest BCUT2D eigenvalue weighted by Crippen LogP contribution is -2.14. The number of hydrogen-bond acceptors (Lipinski definition) is 4. The number of fused-ring (bicyclic) bond motifs is 1. The molecule has 1 aromatic carbocycles. The molecule has 3 aromatic heterocycles. The van der Waals surface area contributed by atoms with Gasteiger partial charge in [0.25, 0.3) is 5.91 Å². The van der Waals surface area contributed by atoms with Crippen molar-refractivity contribution in [1.82, 2.24) is 14.4 Å². The van der Waals surface area contributed by atoms with E-state index in [0.29, 0.717) is 27.7 Å². The van der Waals surface area contributed by atoms with E-state index in [2.05, 4.69) is 15.3 Å². The first-order chi connectivity index (χ1) is 11.7. The van der Waals surface area contributed by atoms with Crippen LogP contribution >= 0.6 is 11.6 Å². The Labute approximate surface area is 141 Å². The summed E-state index contributed by atoms with van der Waals surface area (Å²) in [5, 5.41) is 3.27. The lowest BCUT2D eigenvalue weighted by Gasteiger charge is -2.07. The molecule has 0 aliphatic rings. The van der Waals surface area contributed by atoms with Crippen LogP contribution in [0, 0.1) is 0 Å². The van der Waals surface area contributed by atoms with Crippen LogP contribution in [-0.4, -0.2) is 20.3 Å². The molecular weight excluding hydrogens is 328 g/mol. The van der Waals surface area contributed by atoms with Crippen LogP contribution in [0.15, 0.2) is 65.9 Å². The van der Waals surface area contributed by atoms with Crippen LogP contribution in [-0.2, 0) is 0 Å². The van der Waals surface area contributed by atoms with Crippen molar-refractivity contribution in [2.24, 2.45) is 0 Å². The number of benzene rings is 1. The van der Waals surface area contributed by atoms with Gasteiger partial charge in [-0.15, -0.1) is 0 Å². The van der Waals surface area contributed by atoms with Crippen LogP contribution in [0.25, 0.3) is 16.9 Å². The van der Waals surface area contributed by atoms with Gasteiger partial charge in [-0.2, -0.15) is 0 Å². The van der Waals surface area contributed by atoms with Crippen LogP contribution < -0.4 is 5.32 Å². The summed E-state index contributed by atoms with van der Waals surface area (Å²) in [6, 6.07) is 10.7. The van der Waals surface area contributed by atoms with E-state index in [0.717, 1.165) is 5.56 Å². The molecule has 1 N–H and O–H groups in total. The van der Waals surface area contributed by atoms with Gasteiger partial charge in [0.15, 0.2) is 6.39 Å². The maximum absolute atomic E-state index is 12.6. The van der Waals surface area contributed by atoms with Crippen molar-refractivity contribution in [3.63, 3.8) is 0 Å². The zero-order valence-corrected chi connectivity index (χ0v) is 13.1. The van der Waals surface area contributed by atoms with Gasteiger partial charge in [0.1, 0.15) is 23.3 Å². The van der Waals surface area contributed by atoms with Gasteiger partial charge < -0.3 is 9.73 Å². The van der Waals surface area contributed by atoms with E-state index >= 15 is 0 Å². The monoisotopic (exact) mass is 338 g/mol. The molecule has 4 aromatic rings. The summed E-state index contributed by atoms with van der Waals surface area (Å²) < 4.78 is 6.71. The number of halogens is 1. The van der Waals surface area contributed by atoms with E-state index in [1.165, 1.54) is 12.6 Å². The van der Waals surface area contributed by atoms with Gasteiger partial charge in [-0.3, -0.25) is 9.20 Å². The first-order valence-electron chi connectivity index (χ1n) is 7.14. The molecule has 0 saturated carbocycles. The van der Waals surface area contributed by atoms with Crippen LogP contribution in [0.5, 0.6) is 0 Å².